The molecule has 47 valence electrons. The van der Waals surface area contributed by atoms with Crippen LogP contribution in [-0.2, 0) is 0 Å². The molecule has 0 aromatic heterocycles. The van der Waals surface area contributed by atoms with Gasteiger partial charge in [-0.1, -0.05) is 6.08 Å². The van der Waals surface area contributed by atoms with Crippen molar-refractivity contribution in [3.8, 4) is 0 Å². The normalized spacial score (nSPS) is 13.2. The lowest BCUT2D eigenvalue weighted by Crippen LogP contribution is -2.20. The molecule has 0 amide bonds. The van der Waals surface area contributed by atoms with Crippen LogP contribution in [-0.4, -0.2) is 13.1 Å². The van der Waals surface area contributed by atoms with Gasteiger partial charge in [-0.05, 0) is 26.8 Å². The molecule has 1 unspecified atom stereocenters. The highest BCUT2D eigenvalue weighted by molar-refractivity contribution is 4.73. The highest BCUT2D eigenvalue weighted by atomic mass is 14.8. The maximum absolute atomic E-state index is 3.84. The third kappa shape index (κ3) is 3.88. The highest BCUT2D eigenvalue weighted by Gasteiger charge is 1.92. The van der Waals surface area contributed by atoms with Crippen molar-refractivity contribution in [2.24, 2.45) is 0 Å². The van der Waals surface area contributed by atoms with Crippen LogP contribution >= 0.6 is 0 Å². The lowest BCUT2D eigenvalue weighted by atomic mass is 10.2. The molecule has 0 aliphatic heterocycles. The van der Waals surface area contributed by atoms with Gasteiger partial charge < -0.3 is 5.32 Å². The highest BCUT2D eigenvalue weighted by Crippen LogP contribution is 1.93. The molecule has 0 rings (SSSR count). The molecule has 1 radical (unpaired) electrons. The van der Waals surface area contributed by atoms with Gasteiger partial charge in [0.25, 0.3) is 0 Å². The van der Waals surface area contributed by atoms with E-state index < -0.39 is 0 Å². The molecule has 0 fully saturated rings. The Bertz CT molecular complexity index is 59.4. The topological polar surface area (TPSA) is 12.0 Å². The van der Waals surface area contributed by atoms with Crippen LogP contribution in [0.5, 0.6) is 0 Å². The number of rotatable bonds is 4. The number of hydrogen-bond acceptors (Lipinski definition) is 1. The van der Waals surface area contributed by atoms with Crippen LogP contribution in [0.1, 0.15) is 12.8 Å². The summed E-state index contributed by atoms with van der Waals surface area (Å²) in [4.78, 5) is 0. The third-order valence-electron chi connectivity index (χ3n) is 1.13. The first-order valence-electron chi connectivity index (χ1n) is 2.92. The van der Waals surface area contributed by atoms with Crippen molar-refractivity contribution in [1.82, 2.24) is 5.32 Å². The Balaban J connectivity index is 2.97. The van der Waals surface area contributed by atoms with Gasteiger partial charge in [0, 0.05) is 6.04 Å². The fraction of sp³-hybridized carbons (Fsp3) is 0.571. The maximum atomic E-state index is 3.84. The molecule has 0 aliphatic rings. The van der Waals surface area contributed by atoms with Crippen molar-refractivity contribution in [3.63, 3.8) is 0 Å². The monoisotopic (exact) mass is 112 g/mol. The summed E-state index contributed by atoms with van der Waals surface area (Å²) >= 11 is 0. The zero-order chi connectivity index (χ0) is 6.41. The Hall–Kier alpha value is -0.300. The lowest BCUT2D eigenvalue weighted by molar-refractivity contribution is 0.618. The maximum Gasteiger partial charge on any atom is 0.00675 e. The van der Waals surface area contributed by atoms with Gasteiger partial charge in [-0.2, -0.15) is 0 Å². The van der Waals surface area contributed by atoms with E-state index >= 15 is 0 Å². The van der Waals surface area contributed by atoms with E-state index in [4.69, 9.17) is 0 Å². The zero-order valence-corrected chi connectivity index (χ0v) is 5.48. The quantitative estimate of drug-likeness (QED) is 0.542. The molecule has 1 heteroatoms. The third-order valence-corrected chi connectivity index (χ3v) is 1.13. The van der Waals surface area contributed by atoms with Crippen LogP contribution in [0.15, 0.2) is 12.7 Å². The van der Waals surface area contributed by atoms with Gasteiger partial charge in [0.2, 0.25) is 0 Å². The van der Waals surface area contributed by atoms with E-state index in [1.807, 2.05) is 13.1 Å². The van der Waals surface area contributed by atoms with E-state index in [-0.39, 0.29) is 0 Å². The van der Waals surface area contributed by atoms with Gasteiger partial charge in [-0.25, -0.2) is 0 Å². The van der Waals surface area contributed by atoms with Crippen molar-refractivity contribution in [3.05, 3.63) is 19.6 Å². The summed E-state index contributed by atoms with van der Waals surface area (Å²) in [6, 6.07) is 0.382. The molecule has 8 heavy (non-hydrogen) atoms. The molecule has 0 heterocycles. The van der Waals surface area contributed by atoms with Crippen LogP contribution in [0.25, 0.3) is 0 Å². The van der Waals surface area contributed by atoms with E-state index in [1.54, 1.807) is 0 Å². The first-order chi connectivity index (χ1) is 3.81. The smallest absolute Gasteiger partial charge is 0.00675 e. The van der Waals surface area contributed by atoms with Crippen molar-refractivity contribution in [1.29, 1.82) is 0 Å². The molecule has 1 nitrogen and oxygen atoms in total. The van der Waals surface area contributed by atoms with E-state index in [0.717, 1.165) is 12.8 Å². The minimum absolute atomic E-state index is 0.382. The summed E-state index contributed by atoms with van der Waals surface area (Å²) < 4.78 is 0. The predicted octanol–water partition coefficient (Wildman–Crippen LogP) is 1.37. The van der Waals surface area contributed by atoms with Crippen LogP contribution < -0.4 is 5.32 Å². The molecular weight excluding hydrogens is 98.1 g/mol. The van der Waals surface area contributed by atoms with Crippen molar-refractivity contribution >= 4 is 0 Å². The molecular formula is C7H14N. The fourth-order valence-electron chi connectivity index (χ4n) is 0.463. The average Bonchev–Trinajstić information content (AvgIpc) is 1.83. The number of nitrogens with one attached hydrogen (secondary N) is 1. The average molecular weight is 112 g/mol. The van der Waals surface area contributed by atoms with Gasteiger partial charge in [-0.3, -0.25) is 0 Å². The van der Waals surface area contributed by atoms with Crippen molar-refractivity contribution in [2.75, 3.05) is 7.05 Å². The van der Waals surface area contributed by atoms with Crippen molar-refractivity contribution in [2.45, 2.75) is 18.9 Å². The second kappa shape index (κ2) is 4.85. The van der Waals surface area contributed by atoms with E-state index in [2.05, 4.69) is 18.8 Å². The lowest BCUT2D eigenvalue weighted by Gasteiger charge is -2.05. The molecule has 1 N–H and O–H groups in total. The molecule has 0 aliphatic carbocycles. The molecule has 0 aromatic carbocycles. The molecule has 0 bridgehead atoms. The molecule has 1 atom stereocenters. The number of allylic oxidation sites excluding steroid dienone is 1. The molecule has 0 saturated heterocycles. The molecule has 0 saturated carbocycles. The Morgan fingerprint density at radius 3 is 2.75 bits per heavy atom. The number of hydrogen-bond donors (Lipinski definition) is 1. The largest absolute Gasteiger partial charge is 0.317 e. The van der Waals surface area contributed by atoms with Gasteiger partial charge in [-0.15, -0.1) is 6.58 Å². The van der Waals surface area contributed by atoms with Gasteiger partial charge >= 0.3 is 0 Å². The minimum atomic E-state index is 0.382. The van der Waals surface area contributed by atoms with Gasteiger partial charge in [0.05, 0.1) is 0 Å². The standard InChI is InChI=1S/C7H14N/c1-4-5-6-7(2)8-3/h4,7-8H,1-2,5-6H2,3H3. The van der Waals surface area contributed by atoms with Crippen LogP contribution in [0.3, 0.4) is 0 Å². The summed E-state index contributed by atoms with van der Waals surface area (Å²) in [5.74, 6) is 0. The zero-order valence-electron chi connectivity index (χ0n) is 5.48. The minimum Gasteiger partial charge on any atom is -0.317 e. The first kappa shape index (κ1) is 7.70. The SMILES string of the molecule is [CH2]C(CCC=C)NC. The Kier molecular flexibility index (Phi) is 4.67. The van der Waals surface area contributed by atoms with Gasteiger partial charge in [0.1, 0.15) is 0 Å². The second-order valence-corrected chi connectivity index (χ2v) is 1.85. The van der Waals surface area contributed by atoms with E-state index in [9.17, 15) is 0 Å². The van der Waals surface area contributed by atoms with Crippen molar-refractivity contribution < 1.29 is 0 Å². The summed E-state index contributed by atoms with van der Waals surface area (Å²) in [7, 11) is 1.92. The summed E-state index contributed by atoms with van der Waals surface area (Å²) in [5, 5.41) is 3.04. The Morgan fingerprint density at radius 1 is 1.75 bits per heavy atom. The Labute approximate surface area is 51.8 Å². The summed E-state index contributed by atoms with van der Waals surface area (Å²) in [6.07, 6.45) is 4.05. The van der Waals surface area contributed by atoms with E-state index in [1.165, 1.54) is 0 Å². The molecule has 0 aromatic rings. The summed E-state index contributed by atoms with van der Waals surface area (Å²) in [5.41, 5.74) is 0. The van der Waals surface area contributed by atoms with Gasteiger partial charge in [0.15, 0.2) is 0 Å². The van der Waals surface area contributed by atoms with Crippen LogP contribution in [0, 0.1) is 6.92 Å². The predicted molar refractivity (Wildman–Crippen MR) is 37.6 cm³/mol. The molecule has 0 spiro atoms. The summed E-state index contributed by atoms with van der Waals surface area (Å²) in [6.45, 7) is 7.45. The first-order valence-corrected chi connectivity index (χ1v) is 2.92. The Morgan fingerprint density at radius 2 is 2.38 bits per heavy atom. The van der Waals surface area contributed by atoms with E-state index in [0.29, 0.717) is 6.04 Å². The van der Waals surface area contributed by atoms with Crippen LogP contribution in [0.2, 0.25) is 0 Å². The fourth-order valence-corrected chi connectivity index (χ4v) is 0.463. The van der Waals surface area contributed by atoms with Crippen LogP contribution in [0.4, 0.5) is 0 Å². The second-order valence-electron chi connectivity index (χ2n) is 1.85.